The van der Waals surface area contributed by atoms with Crippen LogP contribution in [0, 0.1) is 5.41 Å². The first-order chi connectivity index (χ1) is 9.39. The van der Waals surface area contributed by atoms with Crippen molar-refractivity contribution in [2.75, 3.05) is 5.32 Å². The number of hydrogen-bond donors (Lipinski definition) is 2. The van der Waals surface area contributed by atoms with Crippen molar-refractivity contribution in [3.8, 4) is 0 Å². The number of nitrogens with two attached hydrogens (primary N) is 1. The molecule has 4 nitrogen and oxygen atoms in total. The van der Waals surface area contributed by atoms with Gasteiger partial charge in [-0.05, 0) is 32.4 Å². The molecule has 2 rings (SSSR count). The van der Waals surface area contributed by atoms with Crippen LogP contribution in [0.3, 0.4) is 0 Å². The predicted octanol–water partition coefficient (Wildman–Crippen LogP) is 3.62. The first-order valence-electron chi connectivity index (χ1n) is 7.20. The summed E-state index contributed by atoms with van der Waals surface area (Å²) in [6.45, 7) is 8.51. The van der Waals surface area contributed by atoms with Gasteiger partial charge in [0, 0.05) is 11.1 Å². The van der Waals surface area contributed by atoms with Crippen LogP contribution in [-0.2, 0) is 4.74 Å². The molecule has 1 aliphatic carbocycles. The Morgan fingerprint density at radius 1 is 1.33 bits per heavy atom. The van der Waals surface area contributed by atoms with Gasteiger partial charge in [0.2, 0.25) is 0 Å². The SMILES string of the molecule is CC(C)OC1CC(N=C(N)Nc2ccccc2)C1(C)C.I. The second-order valence-electron chi connectivity index (χ2n) is 6.25. The number of rotatable bonds is 4. The lowest BCUT2D eigenvalue weighted by atomic mass is 9.64. The Labute approximate surface area is 144 Å². The van der Waals surface area contributed by atoms with E-state index in [0.29, 0.717) is 5.96 Å². The number of guanidine groups is 1. The molecule has 2 atom stereocenters. The Bertz CT molecular complexity index is 474. The Balaban J connectivity index is 0.00000220. The summed E-state index contributed by atoms with van der Waals surface area (Å²) in [4.78, 5) is 4.59. The number of hydrogen-bond acceptors (Lipinski definition) is 2. The van der Waals surface area contributed by atoms with Crippen molar-refractivity contribution in [3.63, 3.8) is 0 Å². The smallest absolute Gasteiger partial charge is 0.193 e. The molecule has 0 heterocycles. The molecule has 2 unspecified atom stereocenters. The number of anilines is 1. The molecule has 0 bridgehead atoms. The number of aliphatic imine (C=N–C) groups is 1. The summed E-state index contributed by atoms with van der Waals surface area (Å²) in [5.74, 6) is 0.470. The second kappa shape index (κ2) is 7.45. The van der Waals surface area contributed by atoms with E-state index < -0.39 is 0 Å². The van der Waals surface area contributed by atoms with Crippen molar-refractivity contribution >= 4 is 35.6 Å². The molecule has 0 amide bonds. The first-order valence-corrected chi connectivity index (χ1v) is 7.20. The highest BCUT2D eigenvalue weighted by molar-refractivity contribution is 14.0. The maximum atomic E-state index is 5.98. The molecule has 0 aliphatic heterocycles. The molecule has 5 heteroatoms. The summed E-state index contributed by atoms with van der Waals surface area (Å²) in [6.07, 6.45) is 1.45. The third-order valence-corrected chi connectivity index (χ3v) is 3.90. The Morgan fingerprint density at radius 2 is 1.95 bits per heavy atom. The standard InChI is InChI=1S/C16H25N3O.HI/c1-11(2)20-14-10-13(16(14,3)4)19-15(17)18-12-8-6-5-7-9-12;/h5-9,11,13-14H,10H2,1-4H3,(H3,17,18,19);1H. The van der Waals surface area contributed by atoms with Gasteiger partial charge < -0.3 is 15.8 Å². The van der Waals surface area contributed by atoms with Crippen LogP contribution in [0.25, 0.3) is 0 Å². The fourth-order valence-corrected chi connectivity index (χ4v) is 2.51. The average molecular weight is 403 g/mol. The van der Waals surface area contributed by atoms with Gasteiger partial charge in [-0.3, -0.25) is 0 Å². The molecule has 3 N–H and O–H groups in total. The average Bonchev–Trinajstić information content (AvgIpc) is 2.38. The Hall–Kier alpha value is -0.820. The highest BCUT2D eigenvalue weighted by Gasteiger charge is 2.49. The molecule has 118 valence electrons. The molecule has 1 aromatic carbocycles. The van der Waals surface area contributed by atoms with Crippen molar-refractivity contribution in [2.24, 2.45) is 16.1 Å². The second-order valence-corrected chi connectivity index (χ2v) is 6.25. The molecule has 1 saturated carbocycles. The largest absolute Gasteiger partial charge is 0.375 e. The van der Waals surface area contributed by atoms with Crippen LogP contribution >= 0.6 is 24.0 Å². The molecule has 21 heavy (non-hydrogen) atoms. The molecular weight excluding hydrogens is 377 g/mol. The normalized spacial score (nSPS) is 24.1. The van der Waals surface area contributed by atoms with E-state index in [-0.39, 0.29) is 47.6 Å². The van der Waals surface area contributed by atoms with Crippen LogP contribution in [0.15, 0.2) is 35.3 Å². The van der Waals surface area contributed by atoms with Crippen molar-refractivity contribution < 1.29 is 4.74 Å². The summed E-state index contributed by atoms with van der Waals surface area (Å²) in [5.41, 5.74) is 6.98. The van der Waals surface area contributed by atoms with E-state index >= 15 is 0 Å². The molecule has 1 fully saturated rings. The number of benzene rings is 1. The summed E-state index contributed by atoms with van der Waals surface area (Å²) in [6, 6.07) is 10.1. The van der Waals surface area contributed by atoms with Gasteiger partial charge >= 0.3 is 0 Å². The van der Waals surface area contributed by atoms with E-state index in [4.69, 9.17) is 10.5 Å². The van der Waals surface area contributed by atoms with Crippen LogP contribution in [0.1, 0.15) is 34.1 Å². The van der Waals surface area contributed by atoms with Crippen molar-refractivity contribution in [2.45, 2.75) is 52.4 Å². The highest BCUT2D eigenvalue weighted by Crippen LogP contribution is 2.45. The number of nitrogens with zero attached hydrogens (tertiary/aromatic N) is 1. The van der Waals surface area contributed by atoms with Gasteiger partial charge in [0.1, 0.15) is 0 Å². The van der Waals surface area contributed by atoms with Crippen LogP contribution in [0.4, 0.5) is 5.69 Å². The summed E-state index contributed by atoms with van der Waals surface area (Å²) in [5, 5.41) is 3.12. The van der Waals surface area contributed by atoms with Gasteiger partial charge in [-0.15, -0.1) is 24.0 Å². The molecule has 0 aromatic heterocycles. The van der Waals surface area contributed by atoms with E-state index in [2.05, 4.69) is 38.0 Å². The van der Waals surface area contributed by atoms with Crippen LogP contribution in [0.2, 0.25) is 0 Å². The minimum absolute atomic E-state index is 0. The lowest BCUT2D eigenvalue weighted by molar-refractivity contribution is -0.129. The van der Waals surface area contributed by atoms with Crippen LogP contribution in [0.5, 0.6) is 0 Å². The van der Waals surface area contributed by atoms with Crippen LogP contribution < -0.4 is 11.1 Å². The number of halogens is 1. The Kier molecular flexibility index (Phi) is 6.46. The van der Waals surface area contributed by atoms with E-state index in [1.165, 1.54) is 0 Å². The van der Waals surface area contributed by atoms with Gasteiger partial charge in [-0.25, -0.2) is 4.99 Å². The third kappa shape index (κ3) is 4.57. The van der Waals surface area contributed by atoms with Gasteiger partial charge in [-0.1, -0.05) is 32.0 Å². The van der Waals surface area contributed by atoms with Crippen molar-refractivity contribution in [3.05, 3.63) is 30.3 Å². The summed E-state index contributed by atoms with van der Waals surface area (Å²) >= 11 is 0. The van der Waals surface area contributed by atoms with E-state index in [1.54, 1.807) is 0 Å². The van der Waals surface area contributed by atoms with Gasteiger partial charge in [0.05, 0.1) is 18.2 Å². The van der Waals surface area contributed by atoms with Gasteiger partial charge in [0.25, 0.3) is 0 Å². The highest BCUT2D eigenvalue weighted by atomic mass is 127. The van der Waals surface area contributed by atoms with E-state index in [1.807, 2.05) is 30.3 Å². The number of ether oxygens (including phenoxy) is 1. The molecular formula is C16H26IN3O. The summed E-state index contributed by atoms with van der Waals surface area (Å²) < 4.78 is 5.90. The van der Waals surface area contributed by atoms with Crippen LogP contribution in [-0.4, -0.2) is 24.2 Å². The quantitative estimate of drug-likeness (QED) is 0.459. The van der Waals surface area contributed by atoms with Gasteiger partial charge in [0.15, 0.2) is 5.96 Å². The molecule has 0 saturated heterocycles. The maximum Gasteiger partial charge on any atom is 0.193 e. The fourth-order valence-electron chi connectivity index (χ4n) is 2.51. The molecule has 0 radical (unpaired) electrons. The van der Waals surface area contributed by atoms with Crippen molar-refractivity contribution in [1.29, 1.82) is 0 Å². The maximum absolute atomic E-state index is 5.98. The zero-order valence-corrected chi connectivity index (χ0v) is 15.5. The molecule has 0 spiro atoms. The summed E-state index contributed by atoms with van der Waals surface area (Å²) in [7, 11) is 0. The zero-order chi connectivity index (χ0) is 14.8. The monoisotopic (exact) mass is 403 g/mol. The predicted molar refractivity (Wildman–Crippen MR) is 99.3 cm³/mol. The lowest BCUT2D eigenvalue weighted by Crippen LogP contribution is -2.55. The van der Waals surface area contributed by atoms with Crippen molar-refractivity contribution in [1.82, 2.24) is 0 Å². The van der Waals surface area contributed by atoms with Gasteiger partial charge in [-0.2, -0.15) is 0 Å². The zero-order valence-electron chi connectivity index (χ0n) is 13.2. The third-order valence-electron chi connectivity index (χ3n) is 3.90. The number of para-hydroxylation sites is 1. The first kappa shape index (κ1) is 18.2. The minimum atomic E-state index is 0. The van der Waals surface area contributed by atoms with E-state index in [0.717, 1.165) is 12.1 Å². The molecule has 1 aromatic rings. The lowest BCUT2D eigenvalue weighted by Gasteiger charge is -2.50. The van der Waals surface area contributed by atoms with E-state index in [9.17, 15) is 0 Å². The minimum Gasteiger partial charge on any atom is -0.375 e. The fraction of sp³-hybridized carbons (Fsp3) is 0.562. The topological polar surface area (TPSA) is 59.6 Å². The Morgan fingerprint density at radius 3 is 2.48 bits per heavy atom. The molecule has 1 aliphatic rings. The number of nitrogens with one attached hydrogen (secondary N) is 1.